The Labute approximate surface area is 104 Å². The quantitative estimate of drug-likeness (QED) is 0.771. The number of rotatable bonds is 3. The first kappa shape index (κ1) is 11.9. The van der Waals surface area contributed by atoms with Gasteiger partial charge in [0.1, 0.15) is 0 Å². The lowest BCUT2D eigenvalue weighted by atomic mass is 9.69. The van der Waals surface area contributed by atoms with Crippen molar-refractivity contribution in [1.29, 1.82) is 0 Å². The van der Waals surface area contributed by atoms with Gasteiger partial charge in [-0.2, -0.15) is 0 Å². The lowest BCUT2D eigenvalue weighted by Gasteiger charge is -2.48. The molecule has 1 N–H and O–H groups in total. The average Bonchev–Trinajstić information content (AvgIpc) is 2.72. The highest BCUT2D eigenvalue weighted by molar-refractivity contribution is 4.97. The topological polar surface area (TPSA) is 33.7 Å². The minimum absolute atomic E-state index is 0.401. The van der Waals surface area contributed by atoms with E-state index in [-0.39, 0.29) is 0 Å². The maximum Gasteiger partial charge on any atom is 0.0707 e. The molecule has 0 aliphatic carbocycles. The zero-order valence-corrected chi connectivity index (χ0v) is 10.8. The van der Waals surface area contributed by atoms with E-state index >= 15 is 0 Å². The molecule has 4 nitrogen and oxygen atoms in total. The van der Waals surface area contributed by atoms with E-state index in [1.165, 1.54) is 25.9 Å². The summed E-state index contributed by atoms with van der Waals surface area (Å²) >= 11 is 0. The average molecular weight is 240 g/mol. The van der Waals surface area contributed by atoms with Crippen LogP contribution in [0.3, 0.4) is 0 Å². The third-order valence-electron chi connectivity index (χ3n) is 4.68. The van der Waals surface area contributed by atoms with E-state index in [4.69, 9.17) is 9.47 Å². The van der Waals surface area contributed by atoms with Crippen LogP contribution >= 0.6 is 0 Å². The Morgan fingerprint density at radius 3 is 2.82 bits per heavy atom. The van der Waals surface area contributed by atoms with Crippen molar-refractivity contribution < 1.29 is 9.47 Å². The molecular weight excluding hydrogens is 216 g/mol. The molecule has 3 rings (SSSR count). The number of hydrogen-bond donors (Lipinski definition) is 1. The second kappa shape index (κ2) is 4.84. The van der Waals surface area contributed by atoms with Crippen molar-refractivity contribution in [3.8, 4) is 0 Å². The summed E-state index contributed by atoms with van der Waals surface area (Å²) in [7, 11) is 2.23. The molecule has 3 aliphatic heterocycles. The molecule has 98 valence electrons. The van der Waals surface area contributed by atoms with Crippen molar-refractivity contribution in [1.82, 2.24) is 10.2 Å². The van der Waals surface area contributed by atoms with Crippen molar-refractivity contribution >= 4 is 0 Å². The zero-order chi connectivity index (χ0) is 11.7. The molecular formula is C13H24N2O2. The molecule has 0 bridgehead atoms. The Kier molecular flexibility index (Phi) is 3.39. The summed E-state index contributed by atoms with van der Waals surface area (Å²) in [5, 5.41) is 3.43. The van der Waals surface area contributed by atoms with Crippen molar-refractivity contribution in [2.75, 3.05) is 53.0 Å². The number of morpholine rings is 1. The van der Waals surface area contributed by atoms with Crippen LogP contribution in [-0.2, 0) is 9.47 Å². The number of ether oxygens (including phenoxy) is 2. The summed E-state index contributed by atoms with van der Waals surface area (Å²) < 4.78 is 11.4. The summed E-state index contributed by atoms with van der Waals surface area (Å²) in [5.74, 6) is 0.812. The van der Waals surface area contributed by atoms with Gasteiger partial charge in [-0.25, -0.2) is 0 Å². The highest BCUT2D eigenvalue weighted by Gasteiger charge is 2.48. The summed E-state index contributed by atoms with van der Waals surface area (Å²) in [5.41, 5.74) is 0.411. The highest BCUT2D eigenvalue weighted by atomic mass is 16.5. The molecule has 3 saturated heterocycles. The molecule has 0 radical (unpaired) electrons. The van der Waals surface area contributed by atoms with Crippen LogP contribution in [0.2, 0.25) is 0 Å². The van der Waals surface area contributed by atoms with E-state index < -0.39 is 0 Å². The number of nitrogens with one attached hydrogen (secondary N) is 1. The number of likely N-dealkylation sites (tertiary alicyclic amines) is 1. The van der Waals surface area contributed by atoms with Crippen LogP contribution < -0.4 is 5.32 Å². The van der Waals surface area contributed by atoms with E-state index in [2.05, 4.69) is 17.3 Å². The molecule has 2 unspecified atom stereocenters. The molecule has 0 aromatic rings. The van der Waals surface area contributed by atoms with E-state index in [9.17, 15) is 0 Å². The summed E-state index contributed by atoms with van der Waals surface area (Å²) in [6.07, 6.45) is 2.91. The molecule has 3 fully saturated rings. The predicted octanol–water partition coefficient (Wildman–Crippen LogP) is 0.333. The molecule has 2 atom stereocenters. The molecule has 0 spiro atoms. The maximum atomic E-state index is 5.86. The first-order valence-corrected chi connectivity index (χ1v) is 6.87. The molecule has 3 aliphatic rings. The van der Waals surface area contributed by atoms with Crippen molar-refractivity contribution in [2.24, 2.45) is 11.3 Å². The first-order valence-electron chi connectivity index (χ1n) is 6.87. The Morgan fingerprint density at radius 1 is 1.41 bits per heavy atom. The standard InChI is InChI=1S/C13H24N2O2/c1-15-4-2-11(8-15)13(9-16-10-13)6-12-7-14-3-5-17-12/h11-12,14H,2-10H2,1H3. The minimum Gasteiger partial charge on any atom is -0.380 e. The smallest absolute Gasteiger partial charge is 0.0707 e. The van der Waals surface area contributed by atoms with Crippen LogP contribution in [0.15, 0.2) is 0 Å². The zero-order valence-electron chi connectivity index (χ0n) is 10.8. The second-order valence-electron chi connectivity index (χ2n) is 6.00. The van der Waals surface area contributed by atoms with Gasteiger partial charge < -0.3 is 19.7 Å². The number of hydrogen-bond acceptors (Lipinski definition) is 4. The Hall–Kier alpha value is -0.160. The Morgan fingerprint density at radius 2 is 2.29 bits per heavy atom. The van der Waals surface area contributed by atoms with Gasteiger partial charge in [0.25, 0.3) is 0 Å². The Bertz CT molecular complexity index is 262. The van der Waals surface area contributed by atoms with Gasteiger partial charge in [-0.3, -0.25) is 0 Å². The normalized spacial score (nSPS) is 37.9. The molecule has 4 heteroatoms. The molecule has 17 heavy (non-hydrogen) atoms. The van der Waals surface area contributed by atoms with Crippen LogP contribution in [-0.4, -0.2) is 64.1 Å². The van der Waals surface area contributed by atoms with Gasteiger partial charge >= 0.3 is 0 Å². The molecule has 0 aromatic carbocycles. The molecule has 0 amide bonds. The summed E-state index contributed by atoms with van der Waals surface area (Å²) in [6, 6.07) is 0. The third-order valence-corrected chi connectivity index (χ3v) is 4.68. The van der Waals surface area contributed by atoms with Crippen LogP contribution in [0.5, 0.6) is 0 Å². The van der Waals surface area contributed by atoms with Crippen molar-refractivity contribution in [2.45, 2.75) is 18.9 Å². The van der Waals surface area contributed by atoms with E-state index in [1.807, 2.05) is 0 Å². The third kappa shape index (κ3) is 2.36. The lowest BCUT2D eigenvalue weighted by Crippen LogP contribution is -2.53. The fourth-order valence-electron chi connectivity index (χ4n) is 3.52. The van der Waals surface area contributed by atoms with Crippen LogP contribution in [0.25, 0.3) is 0 Å². The van der Waals surface area contributed by atoms with Crippen molar-refractivity contribution in [3.63, 3.8) is 0 Å². The maximum absolute atomic E-state index is 5.86. The fourth-order valence-corrected chi connectivity index (χ4v) is 3.52. The van der Waals surface area contributed by atoms with Gasteiger partial charge in [-0.1, -0.05) is 0 Å². The molecule has 3 heterocycles. The molecule has 0 aromatic heterocycles. The van der Waals surface area contributed by atoms with Crippen LogP contribution in [0.4, 0.5) is 0 Å². The highest BCUT2D eigenvalue weighted by Crippen LogP contribution is 2.44. The summed E-state index contributed by atoms with van der Waals surface area (Å²) in [6.45, 7) is 7.28. The van der Waals surface area contributed by atoms with Crippen LogP contribution in [0.1, 0.15) is 12.8 Å². The lowest BCUT2D eigenvalue weighted by molar-refractivity contribution is -0.167. The van der Waals surface area contributed by atoms with Gasteiger partial charge in [0, 0.05) is 25.0 Å². The first-order chi connectivity index (χ1) is 8.28. The second-order valence-corrected chi connectivity index (χ2v) is 6.00. The van der Waals surface area contributed by atoms with E-state index in [1.54, 1.807) is 0 Å². The largest absolute Gasteiger partial charge is 0.380 e. The molecule has 0 saturated carbocycles. The van der Waals surface area contributed by atoms with E-state index in [0.717, 1.165) is 38.8 Å². The van der Waals surface area contributed by atoms with Gasteiger partial charge in [-0.15, -0.1) is 0 Å². The van der Waals surface area contributed by atoms with Gasteiger partial charge in [0.15, 0.2) is 0 Å². The van der Waals surface area contributed by atoms with E-state index in [0.29, 0.717) is 11.5 Å². The van der Waals surface area contributed by atoms with Crippen LogP contribution in [0, 0.1) is 11.3 Å². The summed E-state index contributed by atoms with van der Waals surface area (Å²) in [4.78, 5) is 2.45. The fraction of sp³-hybridized carbons (Fsp3) is 1.00. The number of nitrogens with zero attached hydrogens (tertiary/aromatic N) is 1. The Balaban J connectivity index is 1.61. The predicted molar refractivity (Wildman–Crippen MR) is 66.1 cm³/mol. The SMILES string of the molecule is CN1CCC(C2(CC3CNCCO3)COC2)C1. The van der Waals surface area contributed by atoms with Gasteiger partial charge in [0.05, 0.1) is 25.9 Å². The van der Waals surface area contributed by atoms with Gasteiger partial charge in [0.2, 0.25) is 0 Å². The monoisotopic (exact) mass is 240 g/mol. The van der Waals surface area contributed by atoms with Crippen molar-refractivity contribution in [3.05, 3.63) is 0 Å². The van der Waals surface area contributed by atoms with Gasteiger partial charge in [-0.05, 0) is 32.4 Å². The minimum atomic E-state index is 0.401.